The fourth-order valence-electron chi connectivity index (χ4n) is 2.33. The summed E-state index contributed by atoms with van der Waals surface area (Å²) in [6, 6.07) is 4.21. The van der Waals surface area contributed by atoms with Crippen LogP contribution in [0.5, 0.6) is 0 Å². The van der Waals surface area contributed by atoms with Crippen molar-refractivity contribution in [1.82, 2.24) is 5.32 Å². The van der Waals surface area contributed by atoms with Crippen LogP contribution in [0.2, 0.25) is 0 Å². The summed E-state index contributed by atoms with van der Waals surface area (Å²) in [6.45, 7) is 1.88. The van der Waals surface area contributed by atoms with Gasteiger partial charge < -0.3 is 26.1 Å². The molecule has 1 saturated heterocycles. The minimum absolute atomic E-state index is 0.140. The maximum atomic E-state index is 13.5. The van der Waals surface area contributed by atoms with E-state index in [2.05, 4.69) is 10.5 Å². The maximum Gasteiger partial charge on any atom is 0.170 e. The Labute approximate surface area is 122 Å². The molecule has 116 valence electrons. The molecule has 1 aromatic carbocycles. The second kappa shape index (κ2) is 6.84. The lowest BCUT2D eigenvalue weighted by Crippen LogP contribution is -2.44. The van der Waals surface area contributed by atoms with Crippen molar-refractivity contribution in [2.75, 3.05) is 19.8 Å². The Morgan fingerprint density at radius 1 is 1.38 bits per heavy atom. The van der Waals surface area contributed by atoms with E-state index in [1.807, 2.05) is 0 Å². The van der Waals surface area contributed by atoms with Crippen molar-refractivity contribution in [1.29, 1.82) is 0 Å². The molecule has 5 N–H and O–H groups in total. The molecular weight excluding hydrogens is 277 g/mol. The summed E-state index contributed by atoms with van der Waals surface area (Å²) in [5.74, 6) is -0.598. The van der Waals surface area contributed by atoms with E-state index in [1.54, 1.807) is 6.07 Å². The van der Waals surface area contributed by atoms with Gasteiger partial charge in [0.1, 0.15) is 5.82 Å². The van der Waals surface area contributed by atoms with Crippen molar-refractivity contribution in [3.05, 3.63) is 35.1 Å². The van der Waals surface area contributed by atoms with Gasteiger partial charge in [-0.1, -0.05) is 5.16 Å². The van der Waals surface area contributed by atoms with Crippen LogP contribution in [0, 0.1) is 5.82 Å². The Hall–Kier alpha value is -1.70. The number of nitrogens with one attached hydrogen (secondary N) is 1. The lowest BCUT2D eigenvalue weighted by molar-refractivity contribution is -0.0617. The van der Waals surface area contributed by atoms with Crippen LogP contribution in [0.15, 0.2) is 23.4 Å². The quantitative estimate of drug-likeness (QED) is 0.275. The molecule has 0 aromatic heterocycles. The van der Waals surface area contributed by atoms with Gasteiger partial charge in [0.05, 0.1) is 5.60 Å². The summed E-state index contributed by atoms with van der Waals surface area (Å²) in [5, 5.41) is 24.9. The highest BCUT2D eigenvalue weighted by atomic mass is 19.1. The average molecular weight is 297 g/mol. The van der Waals surface area contributed by atoms with Crippen molar-refractivity contribution in [2.24, 2.45) is 10.9 Å². The largest absolute Gasteiger partial charge is 0.409 e. The van der Waals surface area contributed by atoms with Crippen LogP contribution in [-0.4, -0.2) is 41.5 Å². The molecule has 2 rings (SSSR count). The molecule has 0 unspecified atom stereocenters. The minimum atomic E-state index is -0.778. The van der Waals surface area contributed by atoms with Crippen molar-refractivity contribution in [3.8, 4) is 0 Å². The molecule has 1 heterocycles. The summed E-state index contributed by atoms with van der Waals surface area (Å²) >= 11 is 0. The monoisotopic (exact) mass is 297 g/mol. The first-order chi connectivity index (χ1) is 10.0. The minimum Gasteiger partial charge on any atom is -0.409 e. The van der Waals surface area contributed by atoms with Gasteiger partial charge in [0.15, 0.2) is 5.84 Å². The molecule has 0 radical (unpaired) electrons. The van der Waals surface area contributed by atoms with Gasteiger partial charge >= 0.3 is 0 Å². The zero-order chi connectivity index (χ0) is 15.3. The van der Waals surface area contributed by atoms with Gasteiger partial charge in [0.25, 0.3) is 0 Å². The first-order valence-corrected chi connectivity index (χ1v) is 6.81. The number of rotatable bonds is 5. The number of nitrogens with two attached hydrogens (primary N) is 1. The van der Waals surface area contributed by atoms with Crippen LogP contribution < -0.4 is 11.1 Å². The van der Waals surface area contributed by atoms with E-state index in [-0.39, 0.29) is 5.84 Å². The fourth-order valence-corrected chi connectivity index (χ4v) is 2.33. The summed E-state index contributed by atoms with van der Waals surface area (Å²) in [5.41, 5.74) is 5.66. The van der Waals surface area contributed by atoms with E-state index in [4.69, 9.17) is 15.7 Å². The van der Waals surface area contributed by atoms with Crippen molar-refractivity contribution in [2.45, 2.75) is 25.0 Å². The number of ether oxygens (including phenoxy) is 1. The average Bonchev–Trinajstić information content (AvgIpc) is 2.46. The van der Waals surface area contributed by atoms with E-state index in [1.165, 1.54) is 12.1 Å². The normalized spacial score (nSPS) is 18.7. The second-order valence-corrected chi connectivity index (χ2v) is 5.27. The number of hydrogen-bond donors (Lipinski definition) is 4. The highest BCUT2D eigenvalue weighted by Crippen LogP contribution is 2.19. The molecule has 0 bridgehead atoms. The summed E-state index contributed by atoms with van der Waals surface area (Å²) in [4.78, 5) is 0. The molecule has 7 heteroatoms. The fraction of sp³-hybridized carbons (Fsp3) is 0.500. The van der Waals surface area contributed by atoms with Gasteiger partial charge in [0, 0.05) is 44.7 Å². The third-order valence-corrected chi connectivity index (χ3v) is 3.57. The molecule has 6 nitrogen and oxygen atoms in total. The topological polar surface area (TPSA) is 100 Å². The van der Waals surface area contributed by atoms with Gasteiger partial charge in [-0.2, -0.15) is 0 Å². The molecular formula is C14H20FN3O3. The van der Waals surface area contributed by atoms with Gasteiger partial charge in [-0.15, -0.1) is 0 Å². The van der Waals surface area contributed by atoms with Gasteiger partial charge in [-0.05, 0) is 23.8 Å². The first kappa shape index (κ1) is 15.7. The number of aliphatic hydroxyl groups is 1. The molecule has 1 aliphatic heterocycles. The van der Waals surface area contributed by atoms with Crippen LogP contribution in [0.3, 0.4) is 0 Å². The number of nitrogens with zero attached hydrogens (tertiary/aromatic N) is 1. The van der Waals surface area contributed by atoms with E-state index < -0.39 is 11.4 Å². The number of halogens is 1. The Morgan fingerprint density at radius 3 is 2.76 bits per heavy atom. The zero-order valence-electron chi connectivity index (χ0n) is 11.7. The molecule has 0 aliphatic carbocycles. The van der Waals surface area contributed by atoms with E-state index in [0.717, 1.165) is 0 Å². The standard InChI is InChI=1S/C14H20FN3O3/c15-12-6-10(5-11(7-12)13(16)18-20)8-17-9-14(19)1-3-21-4-2-14/h5-7,17,19-20H,1-4,8-9H2,(H2,16,18). The van der Waals surface area contributed by atoms with Gasteiger partial charge in [0.2, 0.25) is 0 Å². The zero-order valence-corrected chi connectivity index (χ0v) is 11.7. The number of amidine groups is 1. The van der Waals surface area contributed by atoms with Gasteiger partial charge in [-0.3, -0.25) is 0 Å². The maximum absolute atomic E-state index is 13.5. The van der Waals surface area contributed by atoms with Crippen LogP contribution in [0.25, 0.3) is 0 Å². The van der Waals surface area contributed by atoms with E-state index in [0.29, 0.717) is 50.3 Å². The summed E-state index contributed by atoms with van der Waals surface area (Å²) < 4.78 is 18.7. The molecule has 21 heavy (non-hydrogen) atoms. The van der Waals surface area contributed by atoms with Crippen molar-refractivity contribution < 1.29 is 19.4 Å². The Bertz CT molecular complexity index is 516. The van der Waals surface area contributed by atoms with Crippen molar-refractivity contribution >= 4 is 5.84 Å². The number of hydrogen-bond acceptors (Lipinski definition) is 5. The smallest absolute Gasteiger partial charge is 0.170 e. The highest BCUT2D eigenvalue weighted by molar-refractivity contribution is 5.97. The Morgan fingerprint density at radius 2 is 2.10 bits per heavy atom. The molecule has 0 saturated carbocycles. The lowest BCUT2D eigenvalue weighted by Gasteiger charge is -2.32. The van der Waals surface area contributed by atoms with E-state index in [9.17, 15) is 9.50 Å². The first-order valence-electron chi connectivity index (χ1n) is 6.81. The predicted octanol–water partition coefficient (Wildman–Crippen LogP) is 0.551. The van der Waals surface area contributed by atoms with Crippen LogP contribution in [0.1, 0.15) is 24.0 Å². The summed E-state index contributed by atoms with van der Waals surface area (Å²) in [7, 11) is 0. The third-order valence-electron chi connectivity index (χ3n) is 3.57. The number of benzene rings is 1. The van der Waals surface area contributed by atoms with Crippen molar-refractivity contribution in [3.63, 3.8) is 0 Å². The van der Waals surface area contributed by atoms with Crippen LogP contribution in [0.4, 0.5) is 4.39 Å². The molecule has 0 atom stereocenters. The molecule has 1 fully saturated rings. The second-order valence-electron chi connectivity index (χ2n) is 5.27. The SMILES string of the molecule is N/C(=N/O)c1cc(F)cc(CNCC2(O)CCOCC2)c1. The highest BCUT2D eigenvalue weighted by Gasteiger charge is 2.29. The Kier molecular flexibility index (Phi) is 5.11. The lowest BCUT2D eigenvalue weighted by atomic mass is 9.94. The molecule has 1 aliphatic rings. The molecule has 0 amide bonds. The Balaban J connectivity index is 1.95. The predicted molar refractivity (Wildman–Crippen MR) is 75.6 cm³/mol. The number of oxime groups is 1. The van der Waals surface area contributed by atoms with E-state index >= 15 is 0 Å². The molecule has 0 spiro atoms. The summed E-state index contributed by atoms with van der Waals surface area (Å²) in [6.07, 6.45) is 1.16. The van der Waals surface area contributed by atoms with Crippen LogP contribution in [-0.2, 0) is 11.3 Å². The third kappa shape index (κ3) is 4.38. The molecule has 1 aromatic rings. The van der Waals surface area contributed by atoms with Gasteiger partial charge in [-0.25, -0.2) is 4.39 Å². The van der Waals surface area contributed by atoms with Crippen LogP contribution >= 0.6 is 0 Å².